The Morgan fingerprint density at radius 3 is 2.42 bits per heavy atom. The van der Waals surface area contributed by atoms with Crippen LogP contribution >= 0.6 is 0 Å². The predicted molar refractivity (Wildman–Crippen MR) is 177 cm³/mol. The van der Waals surface area contributed by atoms with Gasteiger partial charge < -0.3 is 24.5 Å². The summed E-state index contributed by atoms with van der Waals surface area (Å²) in [5, 5.41) is 11.7. The highest BCUT2D eigenvalue weighted by Crippen LogP contribution is 2.43. The third kappa shape index (κ3) is 10.5. The molecule has 1 fully saturated rings. The summed E-state index contributed by atoms with van der Waals surface area (Å²) >= 11 is 0. The molecule has 9 nitrogen and oxygen atoms in total. The number of rotatable bonds is 11. The normalized spacial score (nSPS) is 18.8. The van der Waals surface area contributed by atoms with Crippen molar-refractivity contribution in [1.29, 1.82) is 0 Å². The fourth-order valence-electron chi connectivity index (χ4n) is 4.97. The first kappa shape index (κ1) is 34.9. The lowest BCUT2D eigenvalue weighted by Gasteiger charge is -2.38. The molecule has 43 heavy (non-hydrogen) atoms. The van der Waals surface area contributed by atoms with E-state index in [1.807, 2.05) is 39.8 Å². The van der Waals surface area contributed by atoms with Crippen LogP contribution in [0.5, 0.6) is 5.88 Å². The van der Waals surface area contributed by atoms with Crippen LogP contribution in [0.15, 0.2) is 24.4 Å². The van der Waals surface area contributed by atoms with Crippen LogP contribution in [0, 0.1) is 0 Å². The lowest BCUT2D eigenvalue weighted by Crippen LogP contribution is -2.43. The number of hydrogen-bond acceptors (Lipinski definition) is 7. The van der Waals surface area contributed by atoms with E-state index in [2.05, 4.69) is 81.0 Å². The molecular weight excluding hydrogens is 558 g/mol. The number of pyridine rings is 1. The number of anilines is 2. The van der Waals surface area contributed by atoms with Gasteiger partial charge in [-0.15, -0.1) is 0 Å². The van der Waals surface area contributed by atoms with Crippen LogP contribution in [-0.2, 0) is 14.7 Å². The number of ether oxygens (including phenoxy) is 2. The van der Waals surface area contributed by atoms with Crippen molar-refractivity contribution in [2.24, 2.45) is 0 Å². The minimum absolute atomic E-state index is 0.0567. The van der Waals surface area contributed by atoms with Crippen molar-refractivity contribution in [3.8, 4) is 5.88 Å². The van der Waals surface area contributed by atoms with Gasteiger partial charge in [-0.1, -0.05) is 20.8 Å². The van der Waals surface area contributed by atoms with E-state index in [4.69, 9.17) is 19.0 Å². The molecule has 0 radical (unpaired) electrons. The maximum Gasteiger partial charge on any atom is 0.407 e. The molecule has 10 heteroatoms. The van der Waals surface area contributed by atoms with Crippen molar-refractivity contribution in [3.05, 3.63) is 30.1 Å². The van der Waals surface area contributed by atoms with Crippen molar-refractivity contribution in [2.45, 2.75) is 149 Å². The quantitative estimate of drug-likeness (QED) is 0.193. The summed E-state index contributed by atoms with van der Waals surface area (Å²) in [6, 6.07) is 6.07. The van der Waals surface area contributed by atoms with Crippen LogP contribution in [0.1, 0.15) is 113 Å². The molecule has 2 N–H and O–H groups in total. The van der Waals surface area contributed by atoms with Crippen molar-refractivity contribution >= 4 is 25.9 Å². The lowest BCUT2D eigenvalue weighted by molar-refractivity contribution is 0.0524. The van der Waals surface area contributed by atoms with Gasteiger partial charge in [0, 0.05) is 42.6 Å². The smallest absolute Gasteiger partial charge is 0.407 e. The molecule has 3 rings (SSSR count). The van der Waals surface area contributed by atoms with Gasteiger partial charge in [-0.05, 0) is 105 Å². The average molecular weight is 616 g/mol. The second-order valence-corrected chi connectivity index (χ2v) is 20.3. The summed E-state index contributed by atoms with van der Waals surface area (Å²) in [4.78, 5) is 16.3. The van der Waals surface area contributed by atoms with Crippen LogP contribution in [0.3, 0.4) is 0 Å². The van der Waals surface area contributed by atoms with Gasteiger partial charge in [-0.2, -0.15) is 5.10 Å². The summed E-state index contributed by atoms with van der Waals surface area (Å²) in [6.07, 6.45) is 6.35. The summed E-state index contributed by atoms with van der Waals surface area (Å²) in [7, 11) is -1.80. The molecule has 0 aromatic carbocycles. The fourth-order valence-corrected chi connectivity index (χ4v) is 6.37. The molecule has 1 amide bonds. The topological polar surface area (TPSA) is 99.5 Å². The molecule has 2 aromatic heterocycles. The van der Waals surface area contributed by atoms with Crippen LogP contribution in [0.25, 0.3) is 0 Å². The molecule has 0 bridgehead atoms. The summed E-state index contributed by atoms with van der Waals surface area (Å²) in [5.74, 6) is 1.90. The van der Waals surface area contributed by atoms with E-state index in [0.717, 1.165) is 49.3 Å². The number of amides is 1. The Morgan fingerprint density at radius 1 is 1.09 bits per heavy atom. The Labute approximate surface area is 261 Å². The highest BCUT2D eigenvalue weighted by molar-refractivity contribution is 6.74. The molecule has 1 aliphatic rings. The van der Waals surface area contributed by atoms with E-state index >= 15 is 0 Å². The third-order valence-electron chi connectivity index (χ3n) is 8.22. The highest BCUT2D eigenvalue weighted by Gasteiger charge is 2.41. The molecule has 1 saturated carbocycles. The molecule has 0 saturated heterocycles. The zero-order chi connectivity index (χ0) is 32.2. The molecule has 2 aromatic rings. The Bertz CT molecular complexity index is 1210. The number of carbonyl (C=O) groups excluding carboxylic acids is 1. The van der Waals surface area contributed by atoms with E-state index in [1.165, 1.54) is 0 Å². The molecule has 0 spiro atoms. The van der Waals surface area contributed by atoms with E-state index in [9.17, 15) is 4.79 Å². The molecular formula is C33H57N5O4Si. The van der Waals surface area contributed by atoms with E-state index in [1.54, 1.807) is 6.20 Å². The molecule has 1 aliphatic carbocycles. The van der Waals surface area contributed by atoms with Gasteiger partial charge in [0.1, 0.15) is 11.4 Å². The number of aromatic nitrogens is 3. The van der Waals surface area contributed by atoms with Crippen LogP contribution in [0.4, 0.5) is 16.3 Å². The van der Waals surface area contributed by atoms with Gasteiger partial charge in [0.25, 0.3) is 0 Å². The Kier molecular flexibility index (Phi) is 11.0. The fraction of sp³-hybridized carbons (Fsp3) is 0.727. The third-order valence-corrected chi connectivity index (χ3v) is 12.8. The van der Waals surface area contributed by atoms with Crippen molar-refractivity contribution < 1.29 is 18.7 Å². The monoisotopic (exact) mass is 615 g/mol. The highest BCUT2D eigenvalue weighted by atomic mass is 28.4. The summed E-state index contributed by atoms with van der Waals surface area (Å²) in [5.41, 5.74) is 1.32. The minimum atomic E-state index is -1.80. The van der Waals surface area contributed by atoms with Crippen LogP contribution in [-0.4, -0.2) is 53.5 Å². The lowest BCUT2D eigenvalue weighted by atomic mass is 10.0. The van der Waals surface area contributed by atoms with Crippen molar-refractivity contribution in [2.75, 3.05) is 11.9 Å². The first-order valence-corrected chi connectivity index (χ1v) is 18.8. The van der Waals surface area contributed by atoms with Gasteiger partial charge in [-0.25, -0.2) is 14.5 Å². The molecule has 242 valence electrons. The van der Waals surface area contributed by atoms with E-state index < -0.39 is 20.0 Å². The van der Waals surface area contributed by atoms with Gasteiger partial charge in [0.15, 0.2) is 8.32 Å². The Morgan fingerprint density at radius 2 is 1.79 bits per heavy atom. The predicted octanol–water partition coefficient (Wildman–Crippen LogP) is 8.51. The van der Waals surface area contributed by atoms with Gasteiger partial charge in [-0.3, -0.25) is 0 Å². The summed E-state index contributed by atoms with van der Waals surface area (Å²) < 4.78 is 20.2. The maximum atomic E-state index is 11.8. The van der Waals surface area contributed by atoms with Crippen LogP contribution in [0.2, 0.25) is 18.1 Å². The molecule has 3 atom stereocenters. The molecule has 2 heterocycles. The first-order valence-electron chi connectivity index (χ1n) is 15.9. The zero-order valence-corrected chi connectivity index (χ0v) is 29.8. The number of alkyl carbamates (subject to hydrolysis) is 1. The van der Waals surface area contributed by atoms with Gasteiger partial charge in [0.2, 0.25) is 5.88 Å². The SMILES string of the molecule is CC(CCCNC(=O)OC(C)(C)C)Oc1cc(Nc2cc([C@H]3CC[C@@H](O[Si](C)(C)C(C)(C)C)C3)nn2C(C)(C)C)ccn1. The standard InChI is InChI=1S/C33H57N5O4Si/c1-23(14-13-18-35-30(39)41-32(5,6)7)40-29-21-25(17-19-34-29)36-28-22-27(37-38(28)31(2,3)4)24-15-16-26(20-24)42-43(11,12)33(8,9)10/h17,19,21-24,26H,13-16,18,20H2,1-12H3,(H,34,36)(H,35,39)/t23?,24-,26+/m0/s1. The largest absolute Gasteiger partial charge is 0.475 e. The number of carbonyl (C=O) groups is 1. The first-order chi connectivity index (χ1) is 19.7. The second kappa shape index (κ2) is 13.6. The number of nitrogens with one attached hydrogen (secondary N) is 2. The Balaban J connectivity index is 1.61. The summed E-state index contributed by atoms with van der Waals surface area (Å²) in [6.45, 7) is 26.2. The number of hydrogen-bond donors (Lipinski definition) is 2. The number of nitrogens with zero attached hydrogens (tertiary/aromatic N) is 3. The van der Waals surface area contributed by atoms with Crippen LogP contribution < -0.4 is 15.4 Å². The molecule has 0 aliphatic heterocycles. The van der Waals surface area contributed by atoms with E-state index in [0.29, 0.717) is 24.4 Å². The van der Waals surface area contributed by atoms with Crippen molar-refractivity contribution in [1.82, 2.24) is 20.1 Å². The van der Waals surface area contributed by atoms with Gasteiger partial charge in [0.05, 0.1) is 17.3 Å². The molecule has 1 unspecified atom stereocenters. The second-order valence-electron chi connectivity index (χ2n) is 15.6. The zero-order valence-electron chi connectivity index (χ0n) is 28.8. The maximum absolute atomic E-state index is 11.8. The minimum Gasteiger partial charge on any atom is -0.475 e. The Hall–Kier alpha value is -2.59. The average Bonchev–Trinajstić information content (AvgIpc) is 3.47. The van der Waals surface area contributed by atoms with E-state index in [-0.39, 0.29) is 16.7 Å². The van der Waals surface area contributed by atoms with Gasteiger partial charge >= 0.3 is 6.09 Å². The van der Waals surface area contributed by atoms with Crippen molar-refractivity contribution in [3.63, 3.8) is 0 Å².